The molecule has 2 amide bonds. The number of nitrogens with zero attached hydrogens (tertiary/aromatic N) is 5. The first-order valence-electron chi connectivity index (χ1n) is 11.1. The van der Waals surface area contributed by atoms with Crippen LogP contribution in [0.25, 0.3) is 5.65 Å². The maximum absolute atomic E-state index is 13.1. The third kappa shape index (κ3) is 4.25. The number of hydrogen-bond acceptors (Lipinski definition) is 9. The average Bonchev–Trinajstić information content (AvgIpc) is 3.45. The van der Waals surface area contributed by atoms with E-state index in [-0.39, 0.29) is 35.1 Å². The number of aromatic nitrogens is 3. The van der Waals surface area contributed by atoms with Gasteiger partial charge in [0, 0.05) is 22.8 Å². The Hall–Kier alpha value is -4.11. The quantitative estimate of drug-likeness (QED) is 0.102. The molecule has 0 bridgehead atoms. The van der Waals surface area contributed by atoms with Gasteiger partial charge >= 0.3 is 5.97 Å². The third-order valence-corrected chi connectivity index (χ3v) is 7.99. The van der Waals surface area contributed by atoms with Crippen molar-refractivity contribution in [1.29, 1.82) is 5.41 Å². The second-order valence-electron chi connectivity index (χ2n) is 8.11. The molecule has 1 fully saturated rings. The molecule has 0 unspecified atom stereocenters. The summed E-state index contributed by atoms with van der Waals surface area (Å²) in [6.45, 7) is 2.10. The van der Waals surface area contributed by atoms with Gasteiger partial charge in [0.25, 0.3) is 17.5 Å². The number of carboxylic acid groups (broad SMARTS) is 1. The van der Waals surface area contributed by atoms with Gasteiger partial charge in [0.15, 0.2) is 5.71 Å². The summed E-state index contributed by atoms with van der Waals surface area (Å²) in [5, 5.41) is 34.8. The number of fused-ring (bicyclic) bond motifs is 2. The molecule has 0 spiro atoms. The largest absolute Gasteiger partial charge is 0.477 e. The summed E-state index contributed by atoms with van der Waals surface area (Å²) in [6.07, 6.45) is 5.60. The van der Waals surface area contributed by atoms with E-state index in [9.17, 15) is 24.7 Å². The van der Waals surface area contributed by atoms with E-state index in [1.54, 1.807) is 6.92 Å². The number of amides is 2. The Morgan fingerprint density at radius 1 is 1.35 bits per heavy atom. The zero-order valence-corrected chi connectivity index (χ0v) is 21.0. The van der Waals surface area contributed by atoms with E-state index in [1.807, 2.05) is 45.8 Å². The number of oxime groups is 1. The lowest BCUT2D eigenvalue weighted by atomic mass is 10.0. The highest BCUT2D eigenvalue weighted by Gasteiger charge is 2.54. The van der Waals surface area contributed by atoms with Crippen LogP contribution in [0.15, 0.2) is 58.6 Å². The zero-order chi connectivity index (χ0) is 26.3. The predicted molar refractivity (Wildman–Crippen MR) is 131 cm³/mol. The SMILES string of the molecule is CCON=C(C(=O)N[C@@H]1C(=O)N2C(C(=O)O)=C(C[n+]3ccn4ccccc43)CS[C@@H]12)c1csc(=N)n1O. The van der Waals surface area contributed by atoms with E-state index in [2.05, 4.69) is 10.5 Å². The van der Waals surface area contributed by atoms with Crippen molar-refractivity contribution in [1.82, 2.24) is 19.3 Å². The number of carbonyl (C=O) groups is 3. The summed E-state index contributed by atoms with van der Waals surface area (Å²) >= 11 is 2.23. The van der Waals surface area contributed by atoms with Crippen LogP contribution < -0.4 is 14.7 Å². The fourth-order valence-electron chi connectivity index (χ4n) is 4.21. The molecule has 2 aliphatic heterocycles. The number of aliphatic carboxylic acids is 1. The van der Waals surface area contributed by atoms with Gasteiger partial charge < -0.3 is 20.5 Å². The molecule has 2 aliphatic rings. The molecule has 5 heterocycles. The Labute approximate surface area is 217 Å². The second kappa shape index (κ2) is 9.74. The molecule has 0 saturated carbocycles. The number of pyridine rings is 1. The Morgan fingerprint density at radius 3 is 2.86 bits per heavy atom. The van der Waals surface area contributed by atoms with Crippen LogP contribution >= 0.6 is 23.1 Å². The average molecular weight is 545 g/mol. The molecular formula is C22H22N7O6S2+. The van der Waals surface area contributed by atoms with Gasteiger partial charge in [-0.1, -0.05) is 11.2 Å². The summed E-state index contributed by atoms with van der Waals surface area (Å²) in [4.78, 5) is 44.3. The Kier molecular flexibility index (Phi) is 6.47. The van der Waals surface area contributed by atoms with Gasteiger partial charge in [-0.2, -0.15) is 4.73 Å². The molecule has 15 heteroatoms. The molecule has 4 N–H and O–H groups in total. The van der Waals surface area contributed by atoms with Crippen LogP contribution in [0.2, 0.25) is 0 Å². The molecule has 5 rings (SSSR count). The molecule has 0 aromatic carbocycles. The van der Waals surface area contributed by atoms with Gasteiger partial charge in [-0.15, -0.1) is 23.1 Å². The first kappa shape index (κ1) is 24.6. The molecule has 2 atom stereocenters. The number of thioether (sulfide) groups is 1. The lowest BCUT2D eigenvalue weighted by Crippen LogP contribution is -2.71. The van der Waals surface area contributed by atoms with E-state index >= 15 is 0 Å². The molecule has 13 nitrogen and oxygen atoms in total. The number of β-lactam (4-membered cyclic amide) rings is 1. The number of hydrogen-bond donors (Lipinski definition) is 4. The van der Waals surface area contributed by atoms with Crippen LogP contribution in [-0.2, 0) is 25.8 Å². The van der Waals surface area contributed by atoms with E-state index in [0.29, 0.717) is 16.1 Å². The van der Waals surface area contributed by atoms with Crippen LogP contribution in [-0.4, -0.2) is 71.6 Å². The molecule has 37 heavy (non-hydrogen) atoms. The van der Waals surface area contributed by atoms with Crippen molar-refractivity contribution in [3.63, 3.8) is 0 Å². The first-order valence-corrected chi connectivity index (χ1v) is 13.0. The summed E-state index contributed by atoms with van der Waals surface area (Å²) in [5.74, 6) is -2.23. The molecule has 0 aliphatic carbocycles. The monoisotopic (exact) mass is 544 g/mol. The normalized spacial score (nSPS) is 19.5. The van der Waals surface area contributed by atoms with Gasteiger partial charge in [-0.05, 0) is 13.0 Å². The molecular weight excluding hydrogens is 522 g/mol. The zero-order valence-electron chi connectivity index (χ0n) is 19.4. The minimum absolute atomic E-state index is 0.0638. The van der Waals surface area contributed by atoms with Gasteiger partial charge in [-0.3, -0.25) is 19.9 Å². The van der Waals surface area contributed by atoms with E-state index in [0.717, 1.165) is 17.0 Å². The minimum Gasteiger partial charge on any atom is -0.477 e. The van der Waals surface area contributed by atoms with Crippen LogP contribution in [0.1, 0.15) is 12.6 Å². The van der Waals surface area contributed by atoms with Crippen molar-refractivity contribution in [2.75, 3.05) is 12.4 Å². The number of carbonyl (C=O) groups excluding carboxylic acids is 2. The lowest BCUT2D eigenvalue weighted by Gasteiger charge is -2.49. The summed E-state index contributed by atoms with van der Waals surface area (Å²) in [6, 6.07) is 4.69. The van der Waals surface area contributed by atoms with Crippen molar-refractivity contribution >= 4 is 52.2 Å². The predicted octanol–water partition coefficient (Wildman–Crippen LogP) is -0.0140. The molecule has 192 valence electrons. The minimum atomic E-state index is -1.22. The van der Waals surface area contributed by atoms with Crippen LogP contribution in [0.4, 0.5) is 0 Å². The van der Waals surface area contributed by atoms with Crippen LogP contribution in [0.3, 0.4) is 0 Å². The van der Waals surface area contributed by atoms with Gasteiger partial charge in [0.2, 0.25) is 4.80 Å². The fraction of sp³-hybridized carbons (Fsp3) is 0.273. The van der Waals surface area contributed by atoms with Crippen LogP contribution in [0, 0.1) is 5.41 Å². The van der Waals surface area contributed by atoms with Crippen molar-refractivity contribution in [3.8, 4) is 0 Å². The second-order valence-corrected chi connectivity index (χ2v) is 10.1. The van der Waals surface area contributed by atoms with Gasteiger partial charge in [0.05, 0.1) is 6.20 Å². The standard InChI is InChI=1S/C22H21N7O6S2/c1-2-35-25-15(13-11-37-22(23)29(13)34)18(30)24-16-19(31)28-17(21(32)33)12(10-36-20(16)28)9-27-8-7-26-6-4-3-5-14(26)27/h3-8,11,16,20,23,34H,2,9-10H2,1H3,(H-,24,30,32,33)/p+1/t16-,20+/m1/s1. The summed E-state index contributed by atoms with van der Waals surface area (Å²) in [5.41, 5.74) is 0.993. The molecule has 3 aromatic rings. The lowest BCUT2D eigenvalue weighted by molar-refractivity contribution is -0.662. The van der Waals surface area contributed by atoms with Crippen molar-refractivity contribution in [3.05, 3.63) is 63.9 Å². The number of thiazole rings is 1. The smallest absolute Gasteiger partial charge is 0.352 e. The maximum Gasteiger partial charge on any atom is 0.352 e. The number of imidazole rings is 1. The maximum atomic E-state index is 13.1. The third-order valence-electron chi connectivity index (χ3n) is 5.91. The Bertz CT molecular complexity index is 1540. The van der Waals surface area contributed by atoms with Crippen molar-refractivity contribution in [2.24, 2.45) is 5.16 Å². The van der Waals surface area contributed by atoms with Gasteiger partial charge in [0.1, 0.15) is 48.4 Å². The number of nitrogens with one attached hydrogen (secondary N) is 2. The summed E-state index contributed by atoms with van der Waals surface area (Å²) in [7, 11) is 0. The van der Waals surface area contributed by atoms with Gasteiger partial charge in [-0.25, -0.2) is 13.8 Å². The Balaban J connectivity index is 1.38. The number of carboxylic acids is 1. The topological polar surface area (TPSA) is 166 Å². The van der Waals surface area contributed by atoms with E-state index < -0.39 is 29.2 Å². The van der Waals surface area contributed by atoms with E-state index in [1.165, 1.54) is 22.0 Å². The molecule has 1 saturated heterocycles. The highest BCUT2D eigenvalue weighted by molar-refractivity contribution is 8.00. The summed E-state index contributed by atoms with van der Waals surface area (Å²) < 4.78 is 4.31. The molecule has 0 radical (unpaired) electrons. The number of rotatable bonds is 8. The Morgan fingerprint density at radius 2 is 2.16 bits per heavy atom. The van der Waals surface area contributed by atoms with E-state index in [4.69, 9.17) is 10.2 Å². The van der Waals surface area contributed by atoms with Crippen molar-refractivity contribution in [2.45, 2.75) is 24.9 Å². The molecule has 3 aromatic heterocycles. The highest BCUT2D eigenvalue weighted by Crippen LogP contribution is 2.40. The van der Waals surface area contributed by atoms with Crippen molar-refractivity contribution < 1.29 is 34.1 Å². The fourth-order valence-corrected chi connectivity index (χ4v) is 6.18. The highest BCUT2D eigenvalue weighted by atomic mass is 32.2. The first-order chi connectivity index (χ1) is 17.8. The van der Waals surface area contributed by atoms with Crippen LogP contribution in [0.5, 0.6) is 0 Å².